The highest BCUT2D eigenvalue weighted by Gasteiger charge is 2.26. The first-order valence-electron chi connectivity index (χ1n) is 12.9. The number of pyridine rings is 1. The Balaban J connectivity index is 1.59. The van der Waals surface area contributed by atoms with Gasteiger partial charge in [-0.2, -0.15) is 5.26 Å². The number of H-pyrrole nitrogens is 1. The number of nitriles is 1. The summed E-state index contributed by atoms with van der Waals surface area (Å²) in [5.74, 6) is -0.308. The first-order valence-corrected chi connectivity index (χ1v) is 12.9. The number of likely N-dealkylation sites (N-methyl/N-ethyl adjacent to an activating group) is 1. The SMILES string of the molecule is Cc1cc2ccc1[C@@H](C)COC(=O)Nc1ccc(C#N)c(c1)CN(C)C(=O)[C@@H]2Nc1ccc2cc[nH]c(=O)c2c1. The zero-order valence-electron chi connectivity index (χ0n) is 22.4. The fraction of sp³-hybridized carbons (Fsp3) is 0.226. The molecule has 2 atom stereocenters. The number of benzene rings is 3. The molecule has 0 fully saturated rings. The van der Waals surface area contributed by atoms with Gasteiger partial charge in [-0.3, -0.25) is 14.9 Å². The van der Waals surface area contributed by atoms with Crippen molar-refractivity contribution in [2.24, 2.45) is 0 Å². The van der Waals surface area contributed by atoms with Gasteiger partial charge < -0.3 is 19.9 Å². The molecule has 9 nitrogen and oxygen atoms in total. The summed E-state index contributed by atoms with van der Waals surface area (Å²) in [5, 5.41) is 17.1. The summed E-state index contributed by atoms with van der Waals surface area (Å²) in [5.41, 5.74) is 4.55. The molecule has 2 aliphatic heterocycles. The van der Waals surface area contributed by atoms with Gasteiger partial charge in [0.25, 0.3) is 5.56 Å². The third kappa shape index (κ3) is 5.38. The molecule has 3 N–H and O–H groups in total. The molecule has 6 rings (SSSR count). The van der Waals surface area contributed by atoms with E-state index < -0.39 is 12.1 Å². The van der Waals surface area contributed by atoms with E-state index in [0.29, 0.717) is 27.9 Å². The zero-order valence-corrected chi connectivity index (χ0v) is 22.4. The van der Waals surface area contributed by atoms with Gasteiger partial charge >= 0.3 is 6.09 Å². The third-order valence-corrected chi connectivity index (χ3v) is 7.21. The average molecular weight is 536 g/mol. The van der Waals surface area contributed by atoms with E-state index in [2.05, 4.69) is 21.7 Å². The predicted octanol–water partition coefficient (Wildman–Crippen LogP) is 5.19. The van der Waals surface area contributed by atoms with Crippen molar-refractivity contribution >= 4 is 34.1 Å². The van der Waals surface area contributed by atoms with Crippen LogP contribution < -0.4 is 16.2 Å². The van der Waals surface area contributed by atoms with Gasteiger partial charge in [-0.15, -0.1) is 0 Å². The van der Waals surface area contributed by atoms with Crippen molar-refractivity contribution in [3.05, 3.63) is 105 Å². The minimum absolute atomic E-state index is 0.0822. The predicted molar refractivity (Wildman–Crippen MR) is 153 cm³/mol. The number of fused-ring (bicyclic) bond motifs is 10. The third-order valence-electron chi connectivity index (χ3n) is 7.21. The fourth-order valence-corrected chi connectivity index (χ4v) is 5.07. The van der Waals surface area contributed by atoms with E-state index in [1.165, 1.54) is 0 Å². The maximum atomic E-state index is 14.0. The summed E-state index contributed by atoms with van der Waals surface area (Å²) in [6, 6.07) is 19.3. The summed E-state index contributed by atoms with van der Waals surface area (Å²) in [4.78, 5) is 43.1. The second-order valence-corrected chi connectivity index (χ2v) is 10.1. The standard InChI is InChI=1S/C31H29N5O4/c1-18-12-21-6-9-26(18)19(2)17-40-31(39)35-24-8-5-22(15-32)23(13-24)16-36(3)30(38)28(21)34-25-7-4-20-10-11-33-29(37)27(20)14-25/h4-14,19,28,34H,16-17H2,1-3H3,(H,33,37)(H,35,39)/t19-,28+/m0/s1. The highest BCUT2D eigenvalue weighted by molar-refractivity contribution is 5.89. The van der Waals surface area contributed by atoms with Gasteiger partial charge in [-0.25, -0.2) is 4.79 Å². The van der Waals surface area contributed by atoms with Crippen LogP contribution in [0.25, 0.3) is 10.8 Å². The minimum atomic E-state index is -0.772. The molecule has 0 saturated carbocycles. The summed E-state index contributed by atoms with van der Waals surface area (Å²) in [7, 11) is 1.67. The van der Waals surface area contributed by atoms with Crippen molar-refractivity contribution in [2.45, 2.75) is 32.4 Å². The first kappa shape index (κ1) is 26.5. The molecule has 0 aliphatic carbocycles. The zero-order chi connectivity index (χ0) is 28.4. The number of carbonyl (C=O) groups excluding carboxylic acids is 2. The van der Waals surface area contributed by atoms with Crippen molar-refractivity contribution in [3.8, 4) is 6.07 Å². The Morgan fingerprint density at radius 3 is 2.65 bits per heavy atom. The van der Waals surface area contributed by atoms with E-state index in [1.54, 1.807) is 42.4 Å². The second kappa shape index (κ2) is 10.9. The van der Waals surface area contributed by atoms with Crippen LogP contribution in [0, 0.1) is 18.3 Å². The molecule has 40 heavy (non-hydrogen) atoms. The molecule has 9 heteroatoms. The van der Waals surface area contributed by atoms with Crippen LogP contribution in [-0.4, -0.2) is 35.5 Å². The second-order valence-electron chi connectivity index (χ2n) is 10.1. The molecule has 1 aromatic heterocycles. The minimum Gasteiger partial charge on any atom is -0.449 e. The molecular formula is C31H29N5O4. The highest BCUT2D eigenvalue weighted by Crippen LogP contribution is 2.29. The number of aromatic nitrogens is 1. The van der Waals surface area contributed by atoms with E-state index in [0.717, 1.165) is 22.1 Å². The topological polar surface area (TPSA) is 127 Å². The lowest BCUT2D eigenvalue weighted by atomic mass is 9.93. The Hall–Kier alpha value is -5.10. The number of hydrogen-bond donors (Lipinski definition) is 3. The van der Waals surface area contributed by atoms with Gasteiger partial charge in [0.15, 0.2) is 0 Å². The van der Waals surface area contributed by atoms with Crippen LogP contribution in [0.2, 0.25) is 0 Å². The van der Waals surface area contributed by atoms with Gasteiger partial charge in [0.2, 0.25) is 5.91 Å². The normalized spacial score (nSPS) is 17.7. The summed E-state index contributed by atoms with van der Waals surface area (Å²) < 4.78 is 5.48. The summed E-state index contributed by atoms with van der Waals surface area (Å²) in [6.45, 7) is 4.24. The molecule has 0 spiro atoms. The number of nitrogens with one attached hydrogen (secondary N) is 3. The van der Waals surface area contributed by atoms with Crippen LogP contribution in [0.15, 0.2) is 71.7 Å². The largest absolute Gasteiger partial charge is 0.449 e. The smallest absolute Gasteiger partial charge is 0.411 e. The Morgan fingerprint density at radius 2 is 1.88 bits per heavy atom. The first-order chi connectivity index (χ1) is 19.2. The lowest BCUT2D eigenvalue weighted by Gasteiger charge is -2.27. The summed E-state index contributed by atoms with van der Waals surface area (Å²) in [6.07, 6.45) is 1.01. The lowest BCUT2D eigenvalue weighted by molar-refractivity contribution is -0.131. The van der Waals surface area contributed by atoms with Crippen molar-refractivity contribution in [1.29, 1.82) is 5.26 Å². The summed E-state index contributed by atoms with van der Waals surface area (Å²) >= 11 is 0. The molecular weight excluding hydrogens is 506 g/mol. The number of rotatable bonds is 2. The van der Waals surface area contributed by atoms with Gasteiger partial charge in [0.05, 0.1) is 18.2 Å². The molecule has 3 heterocycles. The maximum Gasteiger partial charge on any atom is 0.411 e. The Bertz CT molecular complexity index is 1720. The number of carbonyl (C=O) groups is 2. The number of ether oxygens (including phenoxy) is 1. The molecule has 4 aromatic rings. The molecule has 0 radical (unpaired) electrons. The van der Waals surface area contributed by atoms with Crippen molar-refractivity contribution < 1.29 is 14.3 Å². The number of anilines is 2. The number of nitrogens with zero attached hydrogens (tertiary/aromatic N) is 2. The van der Waals surface area contributed by atoms with Gasteiger partial charge in [-0.1, -0.05) is 31.2 Å². The molecule has 0 unspecified atom stereocenters. The number of aryl methyl sites for hydroxylation is 1. The Morgan fingerprint density at radius 1 is 1.05 bits per heavy atom. The average Bonchev–Trinajstić information content (AvgIpc) is 2.94. The molecule has 0 saturated heterocycles. The quantitative estimate of drug-likeness (QED) is 0.324. The van der Waals surface area contributed by atoms with Crippen molar-refractivity contribution in [3.63, 3.8) is 0 Å². The lowest BCUT2D eigenvalue weighted by Crippen LogP contribution is -2.35. The van der Waals surface area contributed by atoms with Gasteiger partial charge in [0.1, 0.15) is 6.04 Å². The van der Waals surface area contributed by atoms with Crippen LogP contribution in [0.1, 0.15) is 46.7 Å². The van der Waals surface area contributed by atoms with Gasteiger partial charge in [-0.05, 0) is 71.0 Å². The van der Waals surface area contributed by atoms with Gasteiger partial charge in [0, 0.05) is 42.5 Å². The number of hydrogen-bond acceptors (Lipinski definition) is 6. The van der Waals surface area contributed by atoms with E-state index in [4.69, 9.17) is 4.74 Å². The van der Waals surface area contributed by atoms with Crippen molar-refractivity contribution in [2.75, 3.05) is 24.3 Å². The number of amides is 2. The molecule has 4 bridgehead atoms. The van der Waals surface area contributed by atoms with Crippen LogP contribution in [-0.2, 0) is 16.1 Å². The molecule has 2 amide bonds. The van der Waals surface area contributed by atoms with E-state index >= 15 is 0 Å². The maximum absolute atomic E-state index is 14.0. The van der Waals surface area contributed by atoms with Crippen LogP contribution in [0.5, 0.6) is 0 Å². The van der Waals surface area contributed by atoms with Crippen molar-refractivity contribution in [1.82, 2.24) is 9.88 Å². The van der Waals surface area contributed by atoms with E-state index in [9.17, 15) is 19.6 Å². The Kier molecular flexibility index (Phi) is 7.25. The fourth-order valence-electron chi connectivity index (χ4n) is 5.07. The molecule has 202 valence electrons. The number of aromatic amines is 1. The van der Waals surface area contributed by atoms with E-state index in [-0.39, 0.29) is 30.5 Å². The molecule has 3 aromatic carbocycles. The van der Waals surface area contributed by atoms with E-state index in [1.807, 2.05) is 50.2 Å². The highest BCUT2D eigenvalue weighted by atomic mass is 16.5. The monoisotopic (exact) mass is 535 g/mol. The van der Waals surface area contributed by atoms with Crippen LogP contribution >= 0.6 is 0 Å². The van der Waals surface area contributed by atoms with Crippen LogP contribution in [0.3, 0.4) is 0 Å². The molecule has 2 aliphatic rings. The van der Waals surface area contributed by atoms with Crippen LogP contribution in [0.4, 0.5) is 16.2 Å². The Labute approximate surface area is 231 Å².